The van der Waals surface area contributed by atoms with Crippen molar-refractivity contribution in [1.82, 2.24) is 14.9 Å². The third-order valence-corrected chi connectivity index (χ3v) is 7.46. The number of hydrogen-bond acceptors (Lipinski definition) is 6. The number of nitrogens with zero attached hydrogens (tertiary/aromatic N) is 3. The van der Waals surface area contributed by atoms with Gasteiger partial charge in [-0.15, -0.1) is 22.7 Å². The number of thiophene rings is 2. The van der Waals surface area contributed by atoms with Crippen LogP contribution in [0.4, 0.5) is 5.82 Å². The van der Waals surface area contributed by atoms with Crippen molar-refractivity contribution in [1.29, 1.82) is 0 Å². The van der Waals surface area contributed by atoms with Gasteiger partial charge in [-0.3, -0.25) is 4.79 Å². The highest BCUT2D eigenvalue weighted by Gasteiger charge is 2.29. The predicted molar refractivity (Wildman–Crippen MR) is 101 cm³/mol. The van der Waals surface area contributed by atoms with Crippen LogP contribution >= 0.6 is 22.7 Å². The van der Waals surface area contributed by atoms with Crippen molar-refractivity contribution in [2.45, 2.75) is 38.6 Å². The molecule has 0 unspecified atom stereocenters. The summed E-state index contributed by atoms with van der Waals surface area (Å²) >= 11 is 3.39. The van der Waals surface area contributed by atoms with Gasteiger partial charge in [0, 0.05) is 21.7 Å². The largest absolute Gasteiger partial charge is 0.383 e. The number of nitrogens with two attached hydrogens (primary N) is 1. The number of hydrogen-bond donors (Lipinski definition) is 1. The molecule has 1 amide bonds. The second-order valence-corrected chi connectivity index (χ2v) is 8.73. The lowest BCUT2D eigenvalue weighted by molar-refractivity contribution is 0.0736. The van der Waals surface area contributed by atoms with Crippen LogP contribution in [0.3, 0.4) is 0 Å². The lowest BCUT2D eigenvalue weighted by Crippen LogP contribution is -2.35. The van der Waals surface area contributed by atoms with Crippen molar-refractivity contribution < 1.29 is 4.79 Å². The molecule has 0 fully saturated rings. The molecule has 0 saturated carbocycles. The second kappa shape index (κ2) is 5.78. The molecular formula is C18H18N4OS2. The summed E-state index contributed by atoms with van der Waals surface area (Å²) in [5, 5.41) is 3.06. The molecule has 5 nitrogen and oxygen atoms in total. The third kappa shape index (κ3) is 2.37. The van der Waals surface area contributed by atoms with Gasteiger partial charge in [0.15, 0.2) is 0 Å². The van der Waals surface area contributed by atoms with Crippen LogP contribution in [0.25, 0.3) is 10.2 Å². The molecule has 25 heavy (non-hydrogen) atoms. The highest BCUT2D eigenvalue weighted by Crippen LogP contribution is 2.37. The summed E-state index contributed by atoms with van der Waals surface area (Å²) in [6.07, 6.45) is 6.96. The van der Waals surface area contributed by atoms with Crippen LogP contribution in [-0.4, -0.2) is 27.3 Å². The van der Waals surface area contributed by atoms with Crippen LogP contribution in [0.15, 0.2) is 11.7 Å². The fourth-order valence-electron chi connectivity index (χ4n) is 3.97. The normalized spacial score (nSPS) is 16.7. The maximum atomic E-state index is 13.1. The Kier molecular flexibility index (Phi) is 3.53. The minimum atomic E-state index is 0.182. The summed E-state index contributed by atoms with van der Waals surface area (Å²) < 4.78 is 0. The molecule has 4 heterocycles. The van der Waals surface area contributed by atoms with E-state index in [0.29, 0.717) is 12.4 Å². The van der Waals surface area contributed by atoms with E-state index in [1.807, 2.05) is 4.90 Å². The monoisotopic (exact) mass is 370 g/mol. The van der Waals surface area contributed by atoms with E-state index in [-0.39, 0.29) is 5.91 Å². The number of anilines is 1. The molecule has 7 heteroatoms. The Morgan fingerprint density at radius 3 is 2.92 bits per heavy atom. The molecule has 2 N–H and O–H groups in total. The second-order valence-electron chi connectivity index (χ2n) is 6.68. The smallest absolute Gasteiger partial charge is 0.255 e. The van der Waals surface area contributed by atoms with E-state index in [2.05, 4.69) is 15.3 Å². The van der Waals surface area contributed by atoms with Gasteiger partial charge in [0.1, 0.15) is 17.0 Å². The summed E-state index contributed by atoms with van der Waals surface area (Å²) in [6, 6.07) is 0. The Hall–Kier alpha value is -1.99. The molecule has 0 radical (unpaired) electrons. The number of aryl methyl sites for hydroxylation is 1. The first-order valence-corrected chi connectivity index (χ1v) is 10.3. The number of amides is 1. The van der Waals surface area contributed by atoms with Crippen LogP contribution in [0.2, 0.25) is 0 Å². The maximum Gasteiger partial charge on any atom is 0.255 e. The lowest BCUT2D eigenvalue weighted by Gasteiger charge is -2.27. The van der Waals surface area contributed by atoms with Gasteiger partial charge in [0.2, 0.25) is 0 Å². The molecule has 0 aromatic carbocycles. The van der Waals surface area contributed by atoms with Crippen LogP contribution < -0.4 is 5.73 Å². The van der Waals surface area contributed by atoms with Crippen molar-refractivity contribution in [3.63, 3.8) is 0 Å². The zero-order chi connectivity index (χ0) is 17.0. The van der Waals surface area contributed by atoms with Crippen LogP contribution in [-0.2, 0) is 25.8 Å². The van der Waals surface area contributed by atoms with Crippen molar-refractivity contribution in [3.05, 3.63) is 38.2 Å². The molecule has 0 spiro atoms. The Balaban J connectivity index is 1.48. The van der Waals surface area contributed by atoms with Gasteiger partial charge >= 0.3 is 0 Å². The first kappa shape index (κ1) is 15.3. The van der Waals surface area contributed by atoms with E-state index < -0.39 is 0 Å². The van der Waals surface area contributed by atoms with Crippen LogP contribution in [0.5, 0.6) is 0 Å². The van der Waals surface area contributed by atoms with E-state index in [1.54, 1.807) is 22.7 Å². The molecular weight excluding hydrogens is 352 g/mol. The first-order valence-electron chi connectivity index (χ1n) is 8.61. The molecule has 3 aromatic heterocycles. The van der Waals surface area contributed by atoms with Crippen molar-refractivity contribution >= 4 is 44.6 Å². The molecule has 3 aromatic rings. The summed E-state index contributed by atoms with van der Waals surface area (Å²) in [7, 11) is 0. The minimum absolute atomic E-state index is 0.182. The quantitative estimate of drug-likeness (QED) is 0.712. The molecule has 1 aliphatic carbocycles. The number of fused-ring (bicyclic) bond motifs is 4. The number of carbonyl (C=O) groups excluding carboxylic acids is 1. The fraction of sp³-hybridized carbons (Fsp3) is 0.389. The van der Waals surface area contributed by atoms with Crippen molar-refractivity contribution in [3.8, 4) is 0 Å². The average molecular weight is 371 g/mol. The number of aromatic nitrogens is 2. The standard InChI is InChI=1S/C18H18N4OS2/c19-16-15-11-5-6-22(7-14(11)25-17(15)21-9-20-16)18(23)12-8-24-13-4-2-1-3-10(12)13/h8-9H,1-7H2,(H2,19,20,21). The van der Waals surface area contributed by atoms with Gasteiger partial charge in [-0.25, -0.2) is 9.97 Å². The maximum absolute atomic E-state index is 13.1. The first-order chi connectivity index (χ1) is 12.2. The van der Waals surface area contributed by atoms with E-state index in [9.17, 15) is 4.79 Å². The summed E-state index contributed by atoms with van der Waals surface area (Å²) in [5.41, 5.74) is 9.52. The van der Waals surface area contributed by atoms with Gasteiger partial charge in [-0.1, -0.05) is 0 Å². The molecule has 0 saturated heterocycles. The number of rotatable bonds is 1. The third-order valence-electron chi connectivity index (χ3n) is 5.25. The van der Waals surface area contributed by atoms with E-state index in [0.717, 1.165) is 41.6 Å². The van der Waals surface area contributed by atoms with Crippen molar-refractivity contribution in [2.75, 3.05) is 12.3 Å². The van der Waals surface area contributed by atoms with Crippen molar-refractivity contribution in [2.24, 2.45) is 0 Å². The molecule has 0 bridgehead atoms. The molecule has 0 atom stereocenters. The van der Waals surface area contributed by atoms with Gasteiger partial charge < -0.3 is 10.6 Å². The van der Waals surface area contributed by atoms with Gasteiger partial charge in [0.05, 0.1) is 17.5 Å². The molecule has 1 aliphatic heterocycles. The number of carbonyl (C=O) groups is 1. The Bertz CT molecular complexity index is 991. The minimum Gasteiger partial charge on any atom is -0.383 e. The molecule has 2 aliphatic rings. The van der Waals surface area contributed by atoms with E-state index in [4.69, 9.17) is 5.73 Å². The van der Waals surface area contributed by atoms with Gasteiger partial charge in [-0.2, -0.15) is 0 Å². The fourth-order valence-corrected chi connectivity index (χ4v) is 6.30. The van der Waals surface area contributed by atoms with Crippen LogP contribution in [0, 0.1) is 0 Å². The molecule has 128 valence electrons. The Labute approximate surface area is 153 Å². The van der Waals surface area contributed by atoms with Crippen LogP contribution in [0.1, 0.15) is 44.1 Å². The number of nitrogen functional groups attached to an aromatic ring is 1. The Morgan fingerprint density at radius 1 is 1.12 bits per heavy atom. The topological polar surface area (TPSA) is 72.1 Å². The Morgan fingerprint density at radius 2 is 2.00 bits per heavy atom. The summed E-state index contributed by atoms with van der Waals surface area (Å²) in [5.74, 6) is 0.732. The van der Waals surface area contributed by atoms with E-state index in [1.165, 1.54) is 40.1 Å². The molecule has 5 rings (SSSR count). The summed E-state index contributed by atoms with van der Waals surface area (Å²) in [4.78, 5) is 27.1. The predicted octanol–water partition coefficient (Wildman–Crippen LogP) is 3.41. The highest BCUT2D eigenvalue weighted by atomic mass is 32.1. The van der Waals surface area contributed by atoms with Gasteiger partial charge in [0.25, 0.3) is 5.91 Å². The van der Waals surface area contributed by atoms with E-state index >= 15 is 0 Å². The average Bonchev–Trinajstić information content (AvgIpc) is 3.22. The lowest BCUT2D eigenvalue weighted by atomic mass is 9.95. The highest BCUT2D eigenvalue weighted by molar-refractivity contribution is 7.19. The zero-order valence-electron chi connectivity index (χ0n) is 13.7. The zero-order valence-corrected chi connectivity index (χ0v) is 15.4. The van der Waals surface area contributed by atoms with Gasteiger partial charge in [-0.05, 0) is 43.2 Å². The summed E-state index contributed by atoms with van der Waals surface area (Å²) in [6.45, 7) is 1.38. The SMILES string of the molecule is Nc1ncnc2sc3c(c12)CCN(C(=O)c1csc2c1CCCC2)C3.